The molecular formula is C11H14ClN3. The minimum absolute atomic E-state index is 0.429. The number of nitrogens with zero attached hydrogens (tertiary/aromatic N) is 1. The second-order valence-electron chi connectivity index (χ2n) is 3.83. The fourth-order valence-electron chi connectivity index (χ4n) is 1.25. The molecule has 0 saturated heterocycles. The lowest BCUT2D eigenvalue weighted by molar-refractivity contribution is 1.06. The second-order valence-corrected chi connectivity index (χ2v) is 4.24. The van der Waals surface area contributed by atoms with Gasteiger partial charge in [-0.1, -0.05) is 17.7 Å². The molecule has 0 aliphatic heterocycles. The average molecular weight is 224 g/mol. The van der Waals surface area contributed by atoms with Crippen molar-refractivity contribution < 1.29 is 0 Å². The van der Waals surface area contributed by atoms with Crippen molar-refractivity contribution in [3.63, 3.8) is 0 Å². The first-order valence-corrected chi connectivity index (χ1v) is 5.39. The molecule has 2 rings (SSSR count). The van der Waals surface area contributed by atoms with Crippen LogP contribution in [-0.2, 0) is 0 Å². The molecular weight excluding hydrogens is 210 g/mol. The summed E-state index contributed by atoms with van der Waals surface area (Å²) in [6, 6.07) is 6.18. The highest BCUT2D eigenvalue weighted by atomic mass is 35.5. The predicted molar refractivity (Wildman–Crippen MR) is 64.5 cm³/mol. The van der Waals surface area contributed by atoms with E-state index in [9.17, 15) is 0 Å². The van der Waals surface area contributed by atoms with E-state index >= 15 is 0 Å². The highest BCUT2D eigenvalue weighted by Gasteiger charge is 2.20. The van der Waals surface area contributed by atoms with Crippen LogP contribution in [0.1, 0.15) is 18.4 Å². The summed E-state index contributed by atoms with van der Waals surface area (Å²) in [7, 11) is 0. The monoisotopic (exact) mass is 223 g/mol. The molecule has 1 aromatic carbocycles. The van der Waals surface area contributed by atoms with Gasteiger partial charge in [-0.15, -0.1) is 0 Å². The summed E-state index contributed by atoms with van der Waals surface area (Å²) < 4.78 is 0. The summed E-state index contributed by atoms with van der Waals surface area (Å²) in [4.78, 5) is 4.28. The summed E-state index contributed by atoms with van der Waals surface area (Å²) in [6.07, 6.45) is 2.30. The molecule has 1 aromatic rings. The van der Waals surface area contributed by atoms with Crippen LogP contribution in [0.5, 0.6) is 0 Å². The minimum atomic E-state index is 0.429. The van der Waals surface area contributed by atoms with Gasteiger partial charge in [-0.2, -0.15) is 0 Å². The van der Waals surface area contributed by atoms with Crippen molar-refractivity contribution in [3.8, 4) is 0 Å². The molecule has 1 aliphatic carbocycles. The van der Waals surface area contributed by atoms with Crippen LogP contribution in [0.3, 0.4) is 0 Å². The van der Waals surface area contributed by atoms with Gasteiger partial charge in [0.25, 0.3) is 0 Å². The highest BCUT2D eigenvalue weighted by Crippen LogP contribution is 2.24. The molecule has 4 heteroatoms. The summed E-state index contributed by atoms with van der Waals surface area (Å²) in [5.74, 6) is 0.470. The average Bonchev–Trinajstić information content (AvgIpc) is 2.95. The van der Waals surface area contributed by atoms with Crippen molar-refractivity contribution in [1.29, 1.82) is 0 Å². The van der Waals surface area contributed by atoms with Crippen LogP contribution in [0.15, 0.2) is 23.2 Å². The number of nitrogens with two attached hydrogens (primary N) is 1. The van der Waals surface area contributed by atoms with E-state index in [4.69, 9.17) is 17.3 Å². The van der Waals surface area contributed by atoms with Gasteiger partial charge in [-0.25, -0.2) is 4.99 Å². The Balaban J connectivity index is 2.06. The van der Waals surface area contributed by atoms with Crippen LogP contribution in [0.4, 0.5) is 5.69 Å². The number of guanidine groups is 1. The number of aliphatic imine (C=N–C) groups is 1. The molecule has 3 N–H and O–H groups in total. The van der Waals surface area contributed by atoms with Crippen molar-refractivity contribution in [2.45, 2.75) is 25.8 Å². The molecule has 0 heterocycles. The smallest absolute Gasteiger partial charge is 0.193 e. The Hall–Kier alpha value is -1.22. The van der Waals surface area contributed by atoms with Crippen LogP contribution < -0.4 is 11.1 Å². The zero-order valence-electron chi connectivity index (χ0n) is 8.63. The van der Waals surface area contributed by atoms with E-state index in [1.165, 1.54) is 0 Å². The lowest BCUT2D eigenvalue weighted by Crippen LogP contribution is -2.23. The summed E-state index contributed by atoms with van der Waals surface area (Å²) in [5, 5.41) is 3.76. The topological polar surface area (TPSA) is 50.4 Å². The number of hydrogen-bond acceptors (Lipinski definition) is 1. The zero-order chi connectivity index (χ0) is 10.8. The largest absolute Gasteiger partial charge is 0.370 e. The predicted octanol–water partition coefficient (Wildman–Crippen LogP) is 2.54. The molecule has 0 atom stereocenters. The standard InChI is InChI=1S/C11H14ClN3/c1-7-2-3-9(6-10(7)12)15-11(13)14-8-4-5-8/h2-3,6,8H,4-5H2,1H3,(H3,13,14,15). The Morgan fingerprint density at radius 2 is 2.27 bits per heavy atom. The van der Waals surface area contributed by atoms with E-state index in [1.54, 1.807) is 0 Å². The summed E-state index contributed by atoms with van der Waals surface area (Å²) >= 11 is 5.99. The molecule has 3 nitrogen and oxygen atoms in total. The SMILES string of the molecule is Cc1ccc(NC(N)=NC2CC2)cc1Cl. The Morgan fingerprint density at radius 3 is 2.87 bits per heavy atom. The van der Waals surface area contributed by atoms with E-state index in [0.29, 0.717) is 12.0 Å². The van der Waals surface area contributed by atoms with Gasteiger partial charge in [-0.05, 0) is 37.5 Å². The third-order valence-electron chi connectivity index (χ3n) is 2.31. The number of halogens is 1. The van der Waals surface area contributed by atoms with Gasteiger partial charge in [0.2, 0.25) is 0 Å². The number of nitrogens with one attached hydrogen (secondary N) is 1. The molecule has 0 radical (unpaired) electrons. The van der Waals surface area contributed by atoms with Gasteiger partial charge in [-0.3, -0.25) is 0 Å². The molecule has 0 unspecified atom stereocenters. The summed E-state index contributed by atoms with van der Waals surface area (Å²) in [6.45, 7) is 1.97. The van der Waals surface area contributed by atoms with Gasteiger partial charge < -0.3 is 11.1 Å². The van der Waals surface area contributed by atoms with E-state index in [0.717, 1.165) is 29.1 Å². The van der Waals surface area contributed by atoms with Gasteiger partial charge >= 0.3 is 0 Å². The second kappa shape index (κ2) is 4.11. The quantitative estimate of drug-likeness (QED) is 0.598. The van der Waals surface area contributed by atoms with Crippen molar-refractivity contribution in [2.24, 2.45) is 10.7 Å². The van der Waals surface area contributed by atoms with Gasteiger partial charge in [0.15, 0.2) is 5.96 Å². The first kappa shape index (κ1) is 10.3. The van der Waals surface area contributed by atoms with Gasteiger partial charge in [0.05, 0.1) is 6.04 Å². The first-order valence-electron chi connectivity index (χ1n) is 5.01. The number of hydrogen-bond donors (Lipinski definition) is 2. The number of rotatable bonds is 2. The van der Waals surface area contributed by atoms with Crippen LogP contribution in [0, 0.1) is 6.92 Å². The van der Waals surface area contributed by atoms with Crippen molar-refractivity contribution in [2.75, 3.05) is 5.32 Å². The third kappa shape index (κ3) is 2.86. The van der Waals surface area contributed by atoms with Crippen LogP contribution in [-0.4, -0.2) is 12.0 Å². The number of benzene rings is 1. The molecule has 1 saturated carbocycles. The Kier molecular flexibility index (Phi) is 2.82. The Labute approximate surface area is 94.3 Å². The molecule has 80 valence electrons. The molecule has 0 spiro atoms. The van der Waals surface area contributed by atoms with Crippen molar-refractivity contribution in [3.05, 3.63) is 28.8 Å². The molecule has 1 fully saturated rings. The maximum Gasteiger partial charge on any atom is 0.193 e. The molecule has 0 bridgehead atoms. The maximum absolute atomic E-state index is 5.99. The van der Waals surface area contributed by atoms with Crippen molar-refractivity contribution in [1.82, 2.24) is 0 Å². The zero-order valence-corrected chi connectivity index (χ0v) is 9.38. The van der Waals surface area contributed by atoms with E-state index in [-0.39, 0.29) is 0 Å². The fourth-order valence-corrected chi connectivity index (χ4v) is 1.43. The minimum Gasteiger partial charge on any atom is -0.370 e. The fraction of sp³-hybridized carbons (Fsp3) is 0.364. The Bertz CT molecular complexity index is 397. The molecule has 0 amide bonds. The van der Waals surface area contributed by atoms with Gasteiger partial charge in [0, 0.05) is 10.7 Å². The van der Waals surface area contributed by atoms with E-state index in [2.05, 4.69) is 10.3 Å². The van der Waals surface area contributed by atoms with Crippen LogP contribution in [0.25, 0.3) is 0 Å². The Morgan fingerprint density at radius 1 is 1.53 bits per heavy atom. The number of aryl methyl sites for hydroxylation is 1. The highest BCUT2D eigenvalue weighted by molar-refractivity contribution is 6.31. The van der Waals surface area contributed by atoms with E-state index in [1.807, 2.05) is 25.1 Å². The molecule has 0 aromatic heterocycles. The van der Waals surface area contributed by atoms with Crippen LogP contribution >= 0.6 is 11.6 Å². The lowest BCUT2D eigenvalue weighted by atomic mass is 10.2. The number of anilines is 1. The normalized spacial score (nSPS) is 16.5. The van der Waals surface area contributed by atoms with E-state index < -0.39 is 0 Å². The van der Waals surface area contributed by atoms with Crippen LogP contribution in [0.2, 0.25) is 5.02 Å². The third-order valence-corrected chi connectivity index (χ3v) is 2.72. The maximum atomic E-state index is 5.99. The first-order chi connectivity index (χ1) is 7.15. The van der Waals surface area contributed by atoms with Crippen molar-refractivity contribution >= 4 is 23.2 Å². The van der Waals surface area contributed by atoms with Gasteiger partial charge in [0.1, 0.15) is 0 Å². The molecule has 1 aliphatic rings. The molecule has 15 heavy (non-hydrogen) atoms. The summed E-state index contributed by atoms with van der Waals surface area (Å²) in [5.41, 5.74) is 7.67. The lowest BCUT2D eigenvalue weighted by Gasteiger charge is -2.06.